The molecule has 2 aromatic carbocycles. The van der Waals surface area contributed by atoms with Gasteiger partial charge in [0, 0.05) is 28.0 Å². The summed E-state index contributed by atoms with van der Waals surface area (Å²) in [6.45, 7) is 3.41. The second kappa shape index (κ2) is 8.35. The number of nitrogens with one attached hydrogen (secondary N) is 1. The van der Waals surface area contributed by atoms with Crippen molar-refractivity contribution >= 4 is 23.2 Å². The summed E-state index contributed by atoms with van der Waals surface area (Å²) >= 11 is 6.08. The van der Waals surface area contributed by atoms with Gasteiger partial charge in [-0.1, -0.05) is 36.7 Å². The summed E-state index contributed by atoms with van der Waals surface area (Å²) < 4.78 is 14.9. The van der Waals surface area contributed by atoms with Crippen LogP contribution in [0.5, 0.6) is 0 Å². The summed E-state index contributed by atoms with van der Waals surface area (Å²) in [5.41, 5.74) is 1.93. The number of carbonyl (C=O) groups is 1. The summed E-state index contributed by atoms with van der Waals surface area (Å²) in [6.07, 6.45) is 0.548. The Labute approximate surface area is 166 Å². The fourth-order valence-corrected chi connectivity index (χ4v) is 2.99. The number of hydrogen-bond acceptors (Lipinski definition) is 3. The molecule has 0 fully saturated rings. The molecule has 1 heterocycles. The molecule has 3 aromatic rings. The largest absolute Gasteiger partial charge is 0.324 e. The molecule has 0 saturated heterocycles. The number of amides is 1. The van der Waals surface area contributed by atoms with Gasteiger partial charge < -0.3 is 5.32 Å². The van der Waals surface area contributed by atoms with Crippen molar-refractivity contribution in [3.63, 3.8) is 0 Å². The fraction of sp³-hybridized carbons (Fsp3) is 0.190. The van der Waals surface area contributed by atoms with Gasteiger partial charge in [0.2, 0.25) is 5.91 Å². The van der Waals surface area contributed by atoms with Gasteiger partial charge in [-0.15, -0.1) is 0 Å². The molecular formula is C21H19ClFN3O2. The van der Waals surface area contributed by atoms with Crippen molar-refractivity contribution in [2.75, 3.05) is 5.32 Å². The first-order valence-corrected chi connectivity index (χ1v) is 9.18. The van der Waals surface area contributed by atoms with Crippen LogP contribution in [0.1, 0.15) is 18.2 Å². The third kappa shape index (κ3) is 4.28. The Bertz CT molecular complexity index is 1100. The van der Waals surface area contributed by atoms with Crippen molar-refractivity contribution in [3.8, 4) is 11.4 Å². The highest BCUT2D eigenvalue weighted by atomic mass is 35.5. The molecule has 7 heteroatoms. The van der Waals surface area contributed by atoms with E-state index in [-0.39, 0.29) is 17.9 Å². The Kier molecular flexibility index (Phi) is 5.90. The Morgan fingerprint density at radius 1 is 1.21 bits per heavy atom. The maximum absolute atomic E-state index is 13.7. The average Bonchev–Trinajstić information content (AvgIpc) is 2.66. The molecule has 5 nitrogen and oxygen atoms in total. The summed E-state index contributed by atoms with van der Waals surface area (Å²) in [4.78, 5) is 29.7. The van der Waals surface area contributed by atoms with Gasteiger partial charge in [-0.05, 0) is 43.2 Å². The molecule has 0 unspecified atom stereocenters. The predicted molar refractivity (Wildman–Crippen MR) is 108 cm³/mol. The summed E-state index contributed by atoms with van der Waals surface area (Å²) in [7, 11) is 0. The smallest absolute Gasteiger partial charge is 0.254 e. The number of rotatable bonds is 5. The first-order valence-electron chi connectivity index (χ1n) is 8.80. The minimum Gasteiger partial charge on any atom is -0.324 e. The molecule has 1 aromatic heterocycles. The lowest BCUT2D eigenvalue weighted by Gasteiger charge is -2.14. The summed E-state index contributed by atoms with van der Waals surface area (Å²) in [5, 5.41) is 3.29. The van der Waals surface area contributed by atoms with Crippen molar-refractivity contribution in [1.82, 2.24) is 9.55 Å². The molecule has 0 saturated carbocycles. The van der Waals surface area contributed by atoms with Crippen LogP contribution in [0.15, 0.2) is 53.3 Å². The van der Waals surface area contributed by atoms with Crippen LogP contribution in [0.2, 0.25) is 5.02 Å². The lowest BCUT2D eigenvalue weighted by atomic mass is 10.2. The monoisotopic (exact) mass is 399 g/mol. The van der Waals surface area contributed by atoms with Crippen LogP contribution >= 0.6 is 11.6 Å². The van der Waals surface area contributed by atoms with Gasteiger partial charge in [0.15, 0.2) is 0 Å². The molecule has 1 N–H and O–H groups in total. The van der Waals surface area contributed by atoms with Crippen LogP contribution < -0.4 is 10.9 Å². The van der Waals surface area contributed by atoms with Crippen LogP contribution in [-0.4, -0.2) is 15.5 Å². The average molecular weight is 400 g/mol. The van der Waals surface area contributed by atoms with Crippen LogP contribution in [0.4, 0.5) is 10.1 Å². The third-order valence-electron chi connectivity index (χ3n) is 4.35. The van der Waals surface area contributed by atoms with E-state index in [2.05, 4.69) is 10.3 Å². The predicted octanol–water partition coefficient (Wildman–Crippen LogP) is 4.21. The van der Waals surface area contributed by atoms with E-state index in [1.165, 1.54) is 28.8 Å². The zero-order chi connectivity index (χ0) is 20.3. The van der Waals surface area contributed by atoms with E-state index in [1.807, 2.05) is 6.92 Å². The lowest BCUT2D eigenvalue weighted by molar-refractivity contribution is -0.116. The zero-order valence-electron chi connectivity index (χ0n) is 15.5. The summed E-state index contributed by atoms with van der Waals surface area (Å²) in [5.74, 6) is -0.600. The molecule has 0 atom stereocenters. The molecule has 0 spiro atoms. The number of halogens is 2. The van der Waals surface area contributed by atoms with Gasteiger partial charge in [-0.25, -0.2) is 9.37 Å². The van der Waals surface area contributed by atoms with Crippen LogP contribution in [-0.2, 0) is 17.8 Å². The maximum atomic E-state index is 13.7. The highest BCUT2D eigenvalue weighted by molar-refractivity contribution is 6.31. The minimum atomic E-state index is -0.445. The molecule has 28 heavy (non-hydrogen) atoms. The molecule has 3 rings (SSSR count). The third-order valence-corrected chi connectivity index (χ3v) is 4.76. The van der Waals surface area contributed by atoms with Crippen molar-refractivity contribution in [3.05, 3.63) is 81.0 Å². The molecule has 0 radical (unpaired) electrons. The molecule has 0 aliphatic heterocycles. The van der Waals surface area contributed by atoms with Crippen molar-refractivity contribution in [2.24, 2.45) is 0 Å². The Balaban J connectivity index is 1.98. The zero-order valence-corrected chi connectivity index (χ0v) is 16.3. The van der Waals surface area contributed by atoms with Gasteiger partial charge in [0.25, 0.3) is 5.56 Å². The molecule has 1 amide bonds. The van der Waals surface area contributed by atoms with Gasteiger partial charge in [-0.3, -0.25) is 14.2 Å². The van der Waals surface area contributed by atoms with Crippen molar-refractivity contribution in [1.29, 1.82) is 0 Å². The normalized spacial score (nSPS) is 10.7. The van der Waals surface area contributed by atoms with E-state index in [1.54, 1.807) is 31.2 Å². The number of hydrogen-bond donors (Lipinski definition) is 1. The first kappa shape index (κ1) is 19.8. The second-order valence-corrected chi connectivity index (χ2v) is 6.73. The number of aryl methyl sites for hydroxylation is 1. The van der Waals surface area contributed by atoms with Gasteiger partial charge >= 0.3 is 0 Å². The van der Waals surface area contributed by atoms with Crippen LogP contribution in [0, 0.1) is 12.7 Å². The molecule has 0 aliphatic rings. The van der Waals surface area contributed by atoms with Gasteiger partial charge in [0.1, 0.15) is 18.2 Å². The van der Waals surface area contributed by atoms with Gasteiger partial charge in [0.05, 0.1) is 0 Å². The minimum absolute atomic E-state index is 0.252. The Morgan fingerprint density at radius 2 is 1.96 bits per heavy atom. The number of anilines is 1. The standard InChI is InChI=1S/C21H19ClFN3O2/c1-3-16-11-20(28)26(21(24-16)14-6-4-7-15(23)10-14)12-19(27)25-18-9-5-8-17(22)13(18)2/h4-11H,3,12H2,1-2H3,(H,25,27). The Morgan fingerprint density at radius 3 is 2.68 bits per heavy atom. The van der Waals surface area contributed by atoms with E-state index >= 15 is 0 Å². The van der Waals surface area contributed by atoms with Crippen LogP contribution in [0.3, 0.4) is 0 Å². The number of carbonyl (C=O) groups excluding carboxylic acids is 1. The maximum Gasteiger partial charge on any atom is 0.254 e. The molecule has 0 aliphatic carbocycles. The number of benzene rings is 2. The summed E-state index contributed by atoms with van der Waals surface area (Å²) in [6, 6.07) is 12.4. The number of aromatic nitrogens is 2. The SMILES string of the molecule is CCc1cc(=O)n(CC(=O)Nc2cccc(Cl)c2C)c(-c2cccc(F)c2)n1. The van der Waals surface area contributed by atoms with Crippen LogP contribution in [0.25, 0.3) is 11.4 Å². The highest BCUT2D eigenvalue weighted by Crippen LogP contribution is 2.23. The van der Waals surface area contributed by atoms with E-state index in [0.717, 1.165) is 5.56 Å². The molecule has 0 bridgehead atoms. The van der Waals surface area contributed by atoms with E-state index in [0.29, 0.717) is 28.4 Å². The quantitative estimate of drug-likeness (QED) is 0.698. The topological polar surface area (TPSA) is 64.0 Å². The van der Waals surface area contributed by atoms with Crippen molar-refractivity contribution in [2.45, 2.75) is 26.8 Å². The van der Waals surface area contributed by atoms with Gasteiger partial charge in [-0.2, -0.15) is 0 Å². The molecule has 144 valence electrons. The van der Waals surface area contributed by atoms with E-state index in [4.69, 9.17) is 11.6 Å². The van der Waals surface area contributed by atoms with Crippen molar-refractivity contribution < 1.29 is 9.18 Å². The molecular weight excluding hydrogens is 381 g/mol. The Hall–Kier alpha value is -2.99. The first-order chi connectivity index (χ1) is 13.4. The highest BCUT2D eigenvalue weighted by Gasteiger charge is 2.15. The lowest BCUT2D eigenvalue weighted by Crippen LogP contribution is -2.30. The van der Waals surface area contributed by atoms with E-state index in [9.17, 15) is 14.0 Å². The second-order valence-electron chi connectivity index (χ2n) is 6.32. The van der Waals surface area contributed by atoms with E-state index < -0.39 is 11.7 Å². The number of nitrogens with zero attached hydrogens (tertiary/aromatic N) is 2. The fourth-order valence-electron chi connectivity index (χ4n) is 2.81.